The Kier molecular flexibility index (Phi) is 5.58. The molecule has 0 heterocycles. The van der Waals surface area contributed by atoms with E-state index in [0.717, 1.165) is 5.56 Å². The van der Waals surface area contributed by atoms with E-state index >= 15 is 0 Å². The zero-order valence-corrected chi connectivity index (χ0v) is 14.3. The minimum absolute atomic E-state index is 0.104. The quantitative estimate of drug-likeness (QED) is 0.692. The van der Waals surface area contributed by atoms with Gasteiger partial charge in [0.1, 0.15) is 10.7 Å². The second kappa shape index (κ2) is 7.03. The number of aromatic hydroxyl groups is 1. The van der Waals surface area contributed by atoms with Gasteiger partial charge in [0.2, 0.25) is 0 Å². The lowest BCUT2D eigenvalue weighted by atomic mass is 10.2. The third-order valence-electron chi connectivity index (χ3n) is 2.71. The standard InChI is InChI=1S/C14H9Cl4NOS/c15-8-4-9(13(20)12(18)5-8)14(21)19-6-7-1-2-10(16)11(17)3-7/h1-5,20H,6H2,(H,19,21). The van der Waals surface area contributed by atoms with Crippen LogP contribution in [0.4, 0.5) is 0 Å². The lowest BCUT2D eigenvalue weighted by molar-refractivity contribution is 0.474. The van der Waals surface area contributed by atoms with Crippen LogP contribution in [0.3, 0.4) is 0 Å². The van der Waals surface area contributed by atoms with E-state index in [1.165, 1.54) is 6.07 Å². The first-order chi connectivity index (χ1) is 9.88. The van der Waals surface area contributed by atoms with Crippen molar-refractivity contribution in [1.82, 2.24) is 5.32 Å². The van der Waals surface area contributed by atoms with E-state index in [1.54, 1.807) is 18.2 Å². The van der Waals surface area contributed by atoms with Crippen LogP contribution in [0.25, 0.3) is 0 Å². The summed E-state index contributed by atoms with van der Waals surface area (Å²) < 4.78 is 0. The SMILES string of the molecule is Oc1c(Cl)cc(Cl)cc1C(=S)NCc1ccc(Cl)c(Cl)c1. The molecule has 2 nitrogen and oxygen atoms in total. The molecular formula is C14H9Cl4NOS. The molecule has 2 rings (SSSR count). The summed E-state index contributed by atoms with van der Waals surface area (Å²) in [7, 11) is 0. The highest BCUT2D eigenvalue weighted by Gasteiger charge is 2.12. The van der Waals surface area contributed by atoms with Crippen molar-refractivity contribution in [3.05, 3.63) is 61.5 Å². The van der Waals surface area contributed by atoms with Crippen LogP contribution in [-0.4, -0.2) is 10.1 Å². The van der Waals surface area contributed by atoms with Crippen molar-refractivity contribution in [3.63, 3.8) is 0 Å². The maximum absolute atomic E-state index is 9.91. The predicted octanol–water partition coefficient (Wildman–Crippen LogP) is 5.47. The Morgan fingerprint density at radius 2 is 1.71 bits per heavy atom. The van der Waals surface area contributed by atoms with E-state index in [1.807, 2.05) is 6.07 Å². The molecule has 0 amide bonds. The van der Waals surface area contributed by atoms with Gasteiger partial charge in [-0.2, -0.15) is 0 Å². The Morgan fingerprint density at radius 1 is 1.00 bits per heavy atom. The molecule has 0 aliphatic rings. The molecule has 2 aromatic rings. The maximum atomic E-state index is 9.91. The van der Waals surface area contributed by atoms with E-state index in [-0.39, 0.29) is 10.8 Å². The van der Waals surface area contributed by atoms with Gasteiger partial charge in [-0.3, -0.25) is 0 Å². The summed E-state index contributed by atoms with van der Waals surface area (Å²) in [6.45, 7) is 0.430. The van der Waals surface area contributed by atoms with Crippen LogP contribution in [0.2, 0.25) is 20.1 Å². The smallest absolute Gasteiger partial charge is 0.144 e. The molecule has 0 unspecified atom stereocenters. The number of benzene rings is 2. The molecule has 110 valence electrons. The highest BCUT2D eigenvalue weighted by Crippen LogP contribution is 2.31. The van der Waals surface area contributed by atoms with Crippen molar-refractivity contribution in [2.75, 3.05) is 0 Å². The molecule has 0 aromatic heterocycles. The number of phenolic OH excluding ortho intramolecular Hbond substituents is 1. The van der Waals surface area contributed by atoms with Gasteiger partial charge in [0.25, 0.3) is 0 Å². The molecular weight excluding hydrogens is 372 g/mol. The van der Waals surface area contributed by atoms with Crippen molar-refractivity contribution >= 4 is 63.6 Å². The highest BCUT2D eigenvalue weighted by molar-refractivity contribution is 7.80. The van der Waals surface area contributed by atoms with Crippen LogP contribution in [0, 0.1) is 0 Å². The lowest BCUT2D eigenvalue weighted by Gasteiger charge is -2.11. The molecule has 2 N–H and O–H groups in total. The van der Waals surface area contributed by atoms with Crippen LogP contribution in [-0.2, 0) is 6.54 Å². The molecule has 0 fully saturated rings. The van der Waals surface area contributed by atoms with E-state index in [2.05, 4.69) is 5.32 Å². The fraction of sp³-hybridized carbons (Fsp3) is 0.0714. The normalized spacial score (nSPS) is 10.5. The summed E-state index contributed by atoms with van der Waals surface area (Å²) in [5.41, 5.74) is 1.28. The average Bonchev–Trinajstić information content (AvgIpc) is 2.43. The summed E-state index contributed by atoms with van der Waals surface area (Å²) >= 11 is 28.8. The predicted molar refractivity (Wildman–Crippen MR) is 93.1 cm³/mol. The first-order valence-electron chi connectivity index (χ1n) is 5.78. The van der Waals surface area contributed by atoms with Crippen LogP contribution >= 0.6 is 58.6 Å². The molecule has 0 aliphatic heterocycles. The van der Waals surface area contributed by atoms with Crippen molar-refractivity contribution in [1.29, 1.82) is 0 Å². The highest BCUT2D eigenvalue weighted by atomic mass is 35.5. The second-order valence-corrected chi connectivity index (χ2v) is 6.28. The van der Waals surface area contributed by atoms with Crippen LogP contribution < -0.4 is 5.32 Å². The molecule has 2 aromatic carbocycles. The van der Waals surface area contributed by atoms with E-state index in [0.29, 0.717) is 32.2 Å². The number of nitrogens with one attached hydrogen (secondary N) is 1. The molecule has 7 heteroatoms. The maximum Gasteiger partial charge on any atom is 0.144 e. The van der Waals surface area contributed by atoms with Gasteiger partial charge in [-0.1, -0.05) is 64.7 Å². The molecule has 0 atom stereocenters. The van der Waals surface area contributed by atoms with Crippen LogP contribution in [0.15, 0.2) is 30.3 Å². The van der Waals surface area contributed by atoms with Crippen molar-refractivity contribution in [2.45, 2.75) is 6.54 Å². The Balaban J connectivity index is 2.13. The van der Waals surface area contributed by atoms with E-state index in [9.17, 15) is 5.11 Å². The first-order valence-corrected chi connectivity index (χ1v) is 7.70. The minimum atomic E-state index is -0.104. The molecule has 0 aliphatic carbocycles. The third-order valence-corrected chi connectivity index (χ3v) is 4.32. The topological polar surface area (TPSA) is 32.3 Å². The van der Waals surface area contributed by atoms with E-state index in [4.69, 9.17) is 58.6 Å². The third kappa shape index (κ3) is 4.15. The minimum Gasteiger partial charge on any atom is -0.506 e. The van der Waals surface area contributed by atoms with Crippen LogP contribution in [0.5, 0.6) is 5.75 Å². The summed E-state index contributed by atoms with van der Waals surface area (Å²) in [4.78, 5) is 0.336. The Morgan fingerprint density at radius 3 is 2.38 bits per heavy atom. The van der Waals surface area contributed by atoms with Gasteiger partial charge in [-0.15, -0.1) is 0 Å². The first kappa shape index (κ1) is 16.7. The van der Waals surface area contributed by atoms with Crippen molar-refractivity contribution in [3.8, 4) is 5.75 Å². The lowest BCUT2D eigenvalue weighted by Crippen LogP contribution is -2.21. The summed E-state index contributed by atoms with van der Waals surface area (Å²) in [6.07, 6.45) is 0. The Labute approximate surface area is 147 Å². The number of hydrogen-bond acceptors (Lipinski definition) is 2. The molecule has 0 radical (unpaired) electrons. The fourth-order valence-electron chi connectivity index (χ4n) is 1.67. The number of phenols is 1. The summed E-state index contributed by atoms with van der Waals surface area (Å²) in [5, 5.41) is 14.4. The number of rotatable bonds is 3. The Bertz CT molecular complexity index is 706. The zero-order chi connectivity index (χ0) is 15.6. The van der Waals surface area contributed by atoms with Gasteiger partial charge >= 0.3 is 0 Å². The number of hydrogen-bond donors (Lipinski definition) is 2. The molecule has 0 bridgehead atoms. The molecule has 0 spiro atoms. The van der Waals surface area contributed by atoms with Crippen molar-refractivity contribution in [2.24, 2.45) is 0 Å². The molecule has 0 saturated carbocycles. The number of halogens is 4. The zero-order valence-electron chi connectivity index (χ0n) is 10.5. The summed E-state index contributed by atoms with van der Waals surface area (Å²) in [6, 6.07) is 8.27. The average molecular weight is 381 g/mol. The number of thiocarbonyl (C=S) groups is 1. The van der Waals surface area contributed by atoms with Gasteiger partial charge in [-0.25, -0.2) is 0 Å². The fourth-order valence-corrected chi connectivity index (χ4v) is 2.71. The van der Waals surface area contributed by atoms with Gasteiger partial charge < -0.3 is 10.4 Å². The van der Waals surface area contributed by atoms with Crippen LogP contribution in [0.1, 0.15) is 11.1 Å². The molecule has 21 heavy (non-hydrogen) atoms. The largest absolute Gasteiger partial charge is 0.506 e. The second-order valence-electron chi connectivity index (χ2n) is 4.21. The van der Waals surface area contributed by atoms with Gasteiger partial charge in [0.05, 0.1) is 20.6 Å². The van der Waals surface area contributed by atoms with Gasteiger partial charge in [-0.05, 0) is 29.8 Å². The van der Waals surface area contributed by atoms with E-state index < -0.39 is 0 Å². The monoisotopic (exact) mass is 379 g/mol. The van der Waals surface area contributed by atoms with Gasteiger partial charge in [0.15, 0.2) is 0 Å². The van der Waals surface area contributed by atoms with Gasteiger partial charge in [0, 0.05) is 11.6 Å². The molecule has 0 saturated heterocycles. The van der Waals surface area contributed by atoms with Crippen molar-refractivity contribution < 1.29 is 5.11 Å². The summed E-state index contributed by atoms with van der Waals surface area (Å²) in [5.74, 6) is -0.104. The Hall–Kier alpha value is -0.710.